The fourth-order valence-corrected chi connectivity index (χ4v) is 4.59. The van der Waals surface area contributed by atoms with Crippen LogP contribution >= 0.6 is 15.9 Å². The number of hydrogen-bond acceptors (Lipinski definition) is 4. The molecule has 1 saturated heterocycles. The molecule has 1 aliphatic rings. The molecule has 0 spiro atoms. The molecule has 4 rings (SSSR count). The molecule has 2 N–H and O–H groups in total. The van der Waals surface area contributed by atoms with Crippen LogP contribution in [0.1, 0.15) is 28.0 Å². The van der Waals surface area contributed by atoms with Gasteiger partial charge in [0.15, 0.2) is 0 Å². The number of aliphatic carboxylic acids is 1. The average Bonchev–Trinajstić information content (AvgIpc) is 2.87. The first-order valence-electron chi connectivity index (χ1n) is 11.7. The predicted molar refractivity (Wildman–Crippen MR) is 140 cm³/mol. The van der Waals surface area contributed by atoms with Crippen LogP contribution in [0.2, 0.25) is 0 Å². The highest BCUT2D eigenvalue weighted by atomic mass is 79.9. The second kappa shape index (κ2) is 11.8. The maximum absolute atomic E-state index is 13.4. The van der Waals surface area contributed by atoms with Gasteiger partial charge in [0.1, 0.15) is 0 Å². The molecule has 0 saturated carbocycles. The number of carbonyl (C=O) groups excluding carboxylic acids is 2. The third-order valence-electron chi connectivity index (χ3n) is 6.04. The number of hydrogen-bond donors (Lipinski definition) is 2. The summed E-state index contributed by atoms with van der Waals surface area (Å²) in [6.45, 7) is 1.25. The molecule has 0 aliphatic carbocycles. The van der Waals surface area contributed by atoms with Gasteiger partial charge in [-0.2, -0.15) is 0 Å². The van der Waals surface area contributed by atoms with E-state index in [-0.39, 0.29) is 30.8 Å². The third-order valence-corrected chi connectivity index (χ3v) is 6.57. The Morgan fingerprint density at radius 2 is 1.78 bits per heavy atom. The lowest BCUT2D eigenvalue weighted by molar-refractivity contribution is -0.138. The summed E-state index contributed by atoms with van der Waals surface area (Å²) in [6, 6.07) is 20.0. The van der Waals surface area contributed by atoms with Gasteiger partial charge in [0.25, 0.3) is 5.91 Å². The van der Waals surface area contributed by atoms with Crippen molar-refractivity contribution >= 4 is 39.5 Å². The van der Waals surface area contributed by atoms with Crippen LogP contribution in [-0.2, 0) is 17.8 Å². The minimum absolute atomic E-state index is 0.0491. The van der Waals surface area contributed by atoms with Gasteiger partial charge in [-0.3, -0.25) is 19.5 Å². The topological polar surface area (TPSA) is 103 Å². The maximum atomic E-state index is 13.4. The van der Waals surface area contributed by atoms with Gasteiger partial charge in [-0.25, -0.2) is 4.79 Å². The van der Waals surface area contributed by atoms with Gasteiger partial charge < -0.3 is 15.3 Å². The molecule has 1 unspecified atom stereocenters. The highest BCUT2D eigenvalue weighted by Crippen LogP contribution is 2.27. The van der Waals surface area contributed by atoms with Crippen LogP contribution in [0.25, 0.3) is 0 Å². The first-order valence-corrected chi connectivity index (χ1v) is 12.5. The Kier molecular flexibility index (Phi) is 8.32. The number of pyridine rings is 1. The summed E-state index contributed by atoms with van der Waals surface area (Å²) >= 11 is 3.40. The number of aromatic nitrogens is 1. The van der Waals surface area contributed by atoms with Crippen molar-refractivity contribution < 1.29 is 19.5 Å². The number of benzene rings is 2. The van der Waals surface area contributed by atoms with Crippen LogP contribution in [0.3, 0.4) is 0 Å². The molecule has 0 bridgehead atoms. The Labute approximate surface area is 218 Å². The highest BCUT2D eigenvalue weighted by Gasteiger charge is 2.34. The van der Waals surface area contributed by atoms with Gasteiger partial charge in [0.05, 0.1) is 6.42 Å². The summed E-state index contributed by atoms with van der Waals surface area (Å²) in [5.74, 6) is -1.38. The Bertz CT molecular complexity index is 1220. The summed E-state index contributed by atoms with van der Waals surface area (Å²) in [5.41, 5.74) is 2.78. The van der Waals surface area contributed by atoms with Gasteiger partial charge in [0.2, 0.25) is 0 Å². The van der Waals surface area contributed by atoms with E-state index in [1.807, 2.05) is 54.6 Å². The van der Waals surface area contributed by atoms with E-state index in [0.29, 0.717) is 42.9 Å². The van der Waals surface area contributed by atoms with Crippen LogP contribution < -0.4 is 10.2 Å². The van der Waals surface area contributed by atoms with E-state index in [1.165, 1.54) is 0 Å². The number of nitrogens with zero attached hydrogens (tertiary/aromatic N) is 3. The van der Waals surface area contributed by atoms with E-state index in [9.17, 15) is 19.5 Å². The van der Waals surface area contributed by atoms with Crippen molar-refractivity contribution in [3.8, 4) is 0 Å². The van der Waals surface area contributed by atoms with Crippen LogP contribution in [-0.4, -0.2) is 52.5 Å². The molecule has 36 heavy (non-hydrogen) atoms. The zero-order valence-electron chi connectivity index (χ0n) is 19.6. The number of rotatable bonds is 9. The number of carbonyl (C=O) groups is 3. The summed E-state index contributed by atoms with van der Waals surface area (Å²) in [4.78, 5) is 45.4. The zero-order valence-corrected chi connectivity index (χ0v) is 21.2. The minimum atomic E-state index is -0.905. The van der Waals surface area contributed by atoms with E-state index >= 15 is 0 Å². The van der Waals surface area contributed by atoms with Crippen LogP contribution in [0, 0.1) is 5.92 Å². The molecule has 3 aromatic rings. The largest absolute Gasteiger partial charge is 0.481 e. The standard InChI is InChI=1S/C27H27BrN4O4/c28-21-8-10-23(11-9-21)32-17-19(15-25(33)34)16-31(27(32)36)18-20-5-1-2-7-24(20)26(35)30-14-12-22-6-3-4-13-29-22/h1-11,13,19H,12,14-18H2,(H,30,35)(H,33,34). The smallest absolute Gasteiger partial charge is 0.324 e. The zero-order chi connectivity index (χ0) is 25.5. The molecule has 1 aromatic heterocycles. The Morgan fingerprint density at radius 1 is 1.03 bits per heavy atom. The molecular weight excluding hydrogens is 524 g/mol. The fraction of sp³-hybridized carbons (Fsp3) is 0.259. The first-order chi connectivity index (χ1) is 17.4. The second-order valence-corrected chi connectivity index (χ2v) is 9.61. The Balaban J connectivity index is 1.50. The van der Waals surface area contributed by atoms with Crippen molar-refractivity contribution in [2.24, 2.45) is 5.92 Å². The summed E-state index contributed by atoms with van der Waals surface area (Å²) in [5, 5.41) is 12.3. The lowest BCUT2D eigenvalue weighted by Gasteiger charge is -2.40. The number of amides is 3. The van der Waals surface area contributed by atoms with Gasteiger partial charge in [0, 0.05) is 66.1 Å². The highest BCUT2D eigenvalue weighted by molar-refractivity contribution is 9.10. The van der Waals surface area contributed by atoms with Gasteiger partial charge in [-0.15, -0.1) is 0 Å². The molecular formula is C27H27BrN4O4. The number of carboxylic acid groups (broad SMARTS) is 1. The molecule has 1 aliphatic heterocycles. The molecule has 186 valence electrons. The van der Waals surface area contributed by atoms with Crippen molar-refractivity contribution in [2.75, 3.05) is 24.5 Å². The minimum Gasteiger partial charge on any atom is -0.481 e. The Hall–Kier alpha value is -3.72. The third kappa shape index (κ3) is 6.48. The number of halogens is 1. The SMILES string of the molecule is O=C(O)CC1CN(Cc2ccccc2C(=O)NCCc2ccccn2)C(=O)N(c2ccc(Br)cc2)C1. The van der Waals surface area contributed by atoms with Crippen LogP contribution in [0.15, 0.2) is 77.4 Å². The van der Waals surface area contributed by atoms with Crippen molar-refractivity contribution in [2.45, 2.75) is 19.4 Å². The number of anilines is 1. The molecule has 1 fully saturated rings. The van der Waals surface area contributed by atoms with Crippen molar-refractivity contribution in [3.05, 3.63) is 94.2 Å². The molecule has 8 nitrogen and oxygen atoms in total. The van der Waals surface area contributed by atoms with Crippen LogP contribution in [0.5, 0.6) is 0 Å². The van der Waals surface area contributed by atoms with E-state index in [1.54, 1.807) is 28.1 Å². The summed E-state index contributed by atoms with van der Waals surface area (Å²) in [7, 11) is 0. The lowest BCUT2D eigenvalue weighted by atomic mass is 9.99. The molecule has 2 aromatic carbocycles. The van der Waals surface area contributed by atoms with Gasteiger partial charge >= 0.3 is 12.0 Å². The first kappa shape index (κ1) is 25.4. The molecule has 0 radical (unpaired) electrons. The number of nitrogens with one attached hydrogen (secondary N) is 1. The van der Waals surface area contributed by atoms with Crippen molar-refractivity contribution in [1.29, 1.82) is 0 Å². The second-order valence-electron chi connectivity index (χ2n) is 8.70. The summed E-state index contributed by atoms with van der Waals surface area (Å²) < 4.78 is 0.887. The van der Waals surface area contributed by atoms with Crippen molar-refractivity contribution in [3.63, 3.8) is 0 Å². The quantitative estimate of drug-likeness (QED) is 0.412. The van der Waals surface area contributed by atoms with E-state index in [0.717, 1.165) is 10.2 Å². The molecule has 2 heterocycles. The number of urea groups is 1. The normalized spacial score (nSPS) is 15.6. The van der Waals surface area contributed by atoms with Crippen LogP contribution in [0.4, 0.5) is 10.5 Å². The van der Waals surface area contributed by atoms with E-state index < -0.39 is 5.97 Å². The molecule has 3 amide bonds. The van der Waals surface area contributed by atoms with E-state index in [4.69, 9.17) is 0 Å². The van der Waals surface area contributed by atoms with Crippen molar-refractivity contribution in [1.82, 2.24) is 15.2 Å². The average molecular weight is 551 g/mol. The predicted octanol–water partition coefficient (Wildman–Crippen LogP) is 4.35. The lowest BCUT2D eigenvalue weighted by Crippen LogP contribution is -2.53. The Morgan fingerprint density at radius 3 is 2.50 bits per heavy atom. The molecule has 1 atom stereocenters. The van der Waals surface area contributed by atoms with E-state index in [2.05, 4.69) is 26.2 Å². The fourth-order valence-electron chi connectivity index (χ4n) is 4.33. The van der Waals surface area contributed by atoms with Gasteiger partial charge in [-0.1, -0.05) is 40.2 Å². The monoisotopic (exact) mass is 550 g/mol. The molecule has 9 heteroatoms. The number of carboxylic acids is 1. The summed E-state index contributed by atoms with van der Waals surface area (Å²) in [6.07, 6.45) is 2.28. The maximum Gasteiger partial charge on any atom is 0.324 e. The van der Waals surface area contributed by atoms with Gasteiger partial charge in [-0.05, 0) is 48.0 Å².